The van der Waals surface area contributed by atoms with Gasteiger partial charge in [-0.1, -0.05) is 6.07 Å². The van der Waals surface area contributed by atoms with Gasteiger partial charge < -0.3 is 5.73 Å². The highest BCUT2D eigenvalue weighted by Crippen LogP contribution is 2.23. The standard InChI is InChI=1S/C11H9N5O3S2/c12-8(17)6-21(18,19)10-4-3-9-13-14-11(16(9)15-10)7-2-1-5-20-7/h1-5H,6H2,(H2,12,17). The van der Waals surface area contributed by atoms with Crippen molar-refractivity contribution in [1.82, 2.24) is 19.8 Å². The average molecular weight is 323 g/mol. The number of primary amides is 1. The summed E-state index contributed by atoms with van der Waals surface area (Å²) >= 11 is 1.43. The fraction of sp³-hybridized carbons (Fsp3) is 0.0909. The third kappa shape index (κ3) is 2.50. The first-order valence-electron chi connectivity index (χ1n) is 5.75. The largest absolute Gasteiger partial charge is 0.369 e. The molecule has 0 atom stereocenters. The molecule has 3 heterocycles. The minimum Gasteiger partial charge on any atom is -0.369 e. The second-order valence-electron chi connectivity index (χ2n) is 4.17. The molecule has 0 aliphatic rings. The summed E-state index contributed by atoms with van der Waals surface area (Å²) in [6.07, 6.45) is 0. The lowest BCUT2D eigenvalue weighted by Crippen LogP contribution is -2.24. The Labute approximate surface area is 123 Å². The van der Waals surface area contributed by atoms with Gasteiger partial charge in [-0.25, -0.2) is 8.42 Å². The lowest BCUT2D eigenvalue weighted by molar-refractivity contribution is -0.115. The Balaban J connectivity index is 2.16. The number of sulfone groups is 1. The van der Waals surface area contributed by atoms with Gasteiger partial charge in [-0.05, 0) is 23.6 Å². The highest BCUT2D eigenvalue weighted by atomic mass is 32.2. The summed E-state index contributed by atoms with van der Waals surface area (Å²) in [5.74, 6) is -1.28. The second-order valence-corrected chi connectivity index (χ2v) is 7.05. The van der Waals surface area contributed by atoms with Crippen molar-refractivity contribution in [3.05, 3.63) is 29.6 Å². The third-order valence-electron chi connectivity index (χ3n) is 2.63. The minimum absolute atomic E-state index is 0.244. The third-order valence-corrected chi connectivity index (χ3v) is 5.02. The number of aromatic nitrogens is 4. The van der Waals surface area contributed by atoms with Crippen LogP contribution in [0.25, 0.3) is 16.3 Å². The molecule has 0 saturated carbocycles. The van der Waals surface area contributed by atoms with Gasteiger partial charge in [-0.3, -0.25) is 4.79 Å². The van der Waals surface area contributed by atoms with Gasteiger partial charge >= 0.3 is 0 Å². The van der Waals surface area contributed by atoms with Crippen LogP contribution >= 0.6 is 11.3 Å². The van der Waals surface area contributed by atoms with E-state index in [1.807, 2.05) is 17.5 Å². The van der Waals surface area contributed by atoms with E-state index in [-0.39, 0.29) is 5.03 Å². The lowest BCUT2D eigenvalue weighted by atomic mass is 10.4. The van der Waals surface area contributed by atoms with Gasteiger partial charge in [0.25, 0.3) is 0 Å². The van der Waals surface area contributed by atoms with Crippen molar-refractivity contribution in [3.63, 3.8) is 0 Å². The molecule has 0 unspecified atom stereocenters. The van der Waals surface area contributed by atoms with E-state index in [2.05, 4.69) is 15.3 Å². The number of amides is 1. The van der Waals surface area contributed by atoms with E-state index in [0.717, 1.165) is 4.88 Å². The fourth-order valence-corrected chi connectivity index (χ4v) is 3.46. The first-order valence-corrected chi connectivity index (χ1v) is 8.28. The van der Waals surface area contributed by atoms with Crippen LogP contribution in [0.5, 0.6) is 0 Å². The van der Waals surface area contributed by atoms with Gasteiger partial charge in [0.2, 0.25) is 15.7 Å². The predicted molar refractivity (Wildman–Crippen MR) is 75.3 cm³/mol. The number of carbonyl (C=O) groups is 1. The first-order chi connectivity index (χ1) is 9.97. The Hall–Kier alpha value is -2.33. The molecular weight excluding hydrogens is 314 g/mol. The molecule has 3 aromatic rings. The van der Waals surface area contributed by atoms with Crippen LogP contribution in [-0.2, 0) is 14.6 Å². The highest BCUT2D eigenvalue weighted by Gasteiger charge is 2.21. The number of nitrogens with zero attached hydrogens (tertiary/aromatic N) is 4. The molecule has 3 rings (SSSR count). The van der Waals surface area contributed by atoms with Crippen molar-refractivity contribution in [2.75, 3.05) is 5.75 Å². The summed E-state index contributed by atoms with van der Waals surface area (Å²) in [5, 5.41) is 13.6. The van der Waals surface area contributed by atoms with Crippen molar-refractivity contribution in [3.8, 4) is 10.7 Å². The Bertz CT molecular complexity index is 915. The molecule has 21 heavy (non-hydrogen) atoms. The van der Waals surface area contributed by atoms with Crippen LogP contribution in [0, 0.1) is 0 Å². The van der Waals surface area contributed by atoms with Gasteiger partial charge in [0.05, 0.1) is 4.88 Å². The van der Waals surface area contributed by atoms with E-state index < -0.39 is 21.5 Å². The molecule has 0 bridgehead atoms. The van der Waals surface area contributed by atoms with Gasteiger partial charge in [0.1, 0.15) is 5.75 Å². The summed E-state index contributed by atoms with van der Waals surface area (Å²) in [7, 11) is -3.87. The van der Waals surface area contributed by atoms with E-state index in [0.29, 0.717) is 11.5 Å². The second kappa shape index (κ2) is 4.90. The summed E-state index contributed by atoms with van der Waals surface area (Å²) in [6.45, 7) is 0. The molecule has 0 saturated heterocycles. The van der Waals surface area contributed by atoms with Gasteiger partial charge in [-0.2, -0.15) is 9.61 Å². The van der Waals surface area contributed by atoms with Crippen molar-refractivity contribution >= 4 is 32.7 Å². The predicted octanol–water partition coefficient (Wildman–Crippen LogP) is 0.112. The molecule has 0 spiro atoms. The highest BCUT2D eigenvalue weighted by molar-refractivity contribution is 7.92. The SMILES string of the molecule is NC(=O)CS(=O)(=O)c1ccc2nnc(-c3cccs3)n2n1. The van der Waals surface area contributed by atoms with E-state index in [1.165, 1.54) is 28.0 Å². The Kier molecular flexibility index (Phi) is 3.18. The van der Waals surface area contributed by atoms with Crippen LogP contribution in [0.3, 0.4) is 0 Å². The van der Waals surface area contributed by atoms with Crippen molar-refractivity contribution in [2.45, 2.75) is 5.03 Å². The molecule has 108 valence electrons. The van der Waals surface area contributed by atoms with Crippen LogP contribution in [0.1, 0.15) is 0 Å². The Morgan fingerprint density at radius 1 is 1.29 bits per heavy atom. The molecule has 1 amide bonds. The van der Waals surface area contributed by atoms with Crippen LogP contribution in [0.15, 0.2) is 34.7 Å². The average Bonchev–Trinajstić information content (AvgIpc) is 3.05. The number of thiophene rings is 1. The number of hydrogen-bond acceptors (Lipinski definition) is 7. The van der Waals surface area contributed by atoms with Crippen molar-refractivity contribution < 1.29 is 13.2 Å². The molecule has 8 nitrogen and oxygen atoms in total. The molecule has 0 aliphatic carbocycles. The fourth-order valence-electron chi connectivity index (χ4n) is 1.76. The molecule has 10 heteroatoms. The Morgan fingerprint density at radius 2 is 2.10 bits per heavy atom. The Morgan fingerprint density at radius 3 is 2.76 bits per heavy atom. The summed E-state index contributed by atoms with van der Waals surface area (Å²) < 4.78 is 25.3. The summed E-state index contributed by atoms with van der Waals surface area (Å²) in [6, 6.07) is 6.42. The zero-order valence-corrected chi connectivity index (χ0v) is 12.1. The van der Waals surface area contributed by atoms with E-state index >= 15 is 0 Å². The van der Waals surface area contributed by atoms with Crippen LogP contribution < -0.4 is 5.73 Å². The normalized spacial score (nSPS) is 11.8. The lowest BCUT2D eigenvalue weighted by Gasteiger charge is -2.02. The smallest absolute Gasteiger partial charge is 0.233 e. The number of carbonyl (C=O) groups excluding carboxylic acids is 1. The number of rotatable bonds is 4. The maximum absolute atomic E-state index is 12.0. The molecule has 2 N–H and O–H groups in total. The molecule has 0 fully saturated rings. The van der Waals surface area contributed by atoms with Crippen LogP contribution in [0.4, 0.5) is 0 Å². The molecule has 0 radical (unpaired) electrons. The van der Waals surface area contributed by atoms with Crippen molar-refractivity contribution in [1.29, 1.82) is 0 Å². The van der Waals surface area contributed by atoms with Crippen LogP contribution in [0.2, 0.25) is 0 Å². The molecule has 3 aromatic heterocycles. The maximum atomic E-state index is 12.0. The monoisotopic (exact) mass is 323 g/mol. The number of fused-ring (bicyclic) bond motifs is 1. The first kappa shape index (κ1) is 13.6. The quantitative estimate of drug-likeness (QED) is 0.727. The number of nitrogens with two attached hydrogens (primary N) is 1. The zero-order valence-electron chi connectivity index (χ0n) is 10.5. The van der Waals surface area contributed by atoms with Crippen molar-refractivity contribution in [2.24, 2.45) is 5.73 Å². The zero-order chi connectivity index (χ0) is 15.0. The molecule has 0 aliphatic heterocycles. The van der Waals surface area contributed by atoms with E-state index in [9.17, 15) is 13.2 Å². The van der Waals surface area contributed by atoms with Crippen LogP contribution in [-0.4, -0.2) is 39.9 Å². The van der Waals surface area contributed by atoms with Gasteiger partial charge in [-0.15, -0.1) is 21.5 Å². The van der Waals surface area contributed by atoms with E-state index in [1.54, 1.807) is 0 Å². The maximum Gasteiger partial charge on any atom is 0.233 e. The van der Waals surface area contributed by atoms with E-state index in [4.69, 9.17) is 5.73 Å². The summed E-state index contributed by atoms with van der Waals surface area (Å²) in [5.41, 5.74) is 5.35. The van der Waals surface area contributed by atoms with Gasteiger partial charge in [0.15, 0.2) is 16.5 Å². The van der Waals surface area contributed by atoms with Gasteiger partial charge in [0, 0.05) is 0 Å². The number of hydrogen-bond donors (Lipinski definition) is 1. The summed E-state index contributed by atoms with van der Waals surface area (Å²) in [4.78, 5) is 11.6. The molecular formula is C11H9N5O3S2. The minimum atomic E-state index is -3.87. The topological polar surface area (TPSA) is 120 Å². The molecule has 0 aromatic carbocycles.